The SMILES string of the molecule is C/C(=N\NS(=O)(=O)c1ccccc1)c1cccc(NC(=O)C2CCCCC2)c1. The molecule has 28 heavy (non-hydrogen) atoms. The van der Waals surface area contributed by atoms with Crippen LogP contribution < -0.4 is 10.1 Å². The van der Waals surface area contributed by atoms with Gasteiger partial charge in [-0.3, -0.25) is 4.79 Å². The third-order valence-electron chi connectivity index (χ3n) is 4.91. The molecule has 0 atom stereocenters. The lowest BCUT2D eigenvalue weighted by atomic mass is 9.88. The molecule has 2 N–H and O–H groups in total. The van der Waals surface area contributed by atoms with Crippen molar-refractivity contribution in [2.45, 2.75) is 43.9 Å². The van der Waals surface area contributed by atoms with Crippen LogP contribution >= 0.6 is 0 Å². The highest BCUT2D eigenvalue weighted by atomic mass is 32.2. The van der Waals surface area contributed by atoms with Gasteiger partial charge in [-0.2, -0.15) is 18.4 Å². The monoisotopic (exact) mass is 399 g/mol. The number of anilines is 1. The number of carbonyl (C=O) groups excluding carboxylic acids is 1. The fourth-order valence-electron chi connectivity index (χ4n) is 3.28. The molecule has 1 fully saturated rings. The van der Waals surface area contributed by atoms with Gasteiger partial charge in [-0.15, -0.1) is 0 Å². The molecule has 0 unspecified atom stereocenters. The third kappa shape index (κ3) is 5.19. The van der Waals surface area contributed by atoms with Gasteiger partial charge in [0.05, 0.1) is 10.6 Å². The number of hydrazone groups is 1. The summed E-state index contributed by atoms with van der Waals surface area (Å²) in [5.41, 5.74) is 1.93. The Kier molecular flexibility index (Phi) is 6.46. The summed E-state index contributed by atoms with van der Waals surface area (Å²) in [7, 11) is -3.71. The first-order chi connectivity index (χ1) is 13.5. The summed E-state index contributed by atoms with van der Waals surface area (Å²) >= 11 is 0. The van der Waals surface area contributed by atoms with E-state index in [1.54, 1.807) is 31.2 Å². The highest BCUT2D eigenvalue weighted by molar-refractivity contribution is 7.89. The van der Waals surface area contributed by atoms with E-state index in [1.165, 1.54) is 18.6 Å². The standard InChI is InChI=1S/C21H25N3O3S/c1-16(23-24-28(26,27)20-13-6-3-7-14-20)18-11-8-12-19(15-18)22-21(25)17-9-4-2-5-10-17/h3,6-8,11-15,17,24H,2,4-5,9-10H2,1H3,(H,22,25)/b23-16+. The van der Waals surface area contributed by atoms with Crippen molar-refractivity contribution in [1.29, 1.82) is 0 Å². The molecule has 2 aromatic rings. The first-order valence-electron chi connectivity index (χ1n) is 9.48. The van der Waals surface area contributed by atoms with Crippen molar-refractivity contribution in [1.82, 2.24) is 4.83 Å². The predicted molar refractivity (Wildman–Crippen MR) is 111 cm³/mol. The van der Waals surface area contributed by atoms with Gasteiger partial charge in [-0.05, 0) is 49.6 Å². The van der Waals surface area contributed by atoms with E-state index in [9.17, 15) is 13.2 Å². The van der Waals surface area contributed by atoms with E-state index in [2.05, 4.69) is 15.2 Å². The highest BCUT2D eigenvalue weighted by Crippen LogP contribution is 2.25. The summed E-state index contributed by atoms with van der Waals surface area (Å²) in [6.07, 6.45) is 5.28. The van der Waals surface area contributed by atoms with Gasteiger partial charge in [0.1, 0.15) is 0 Å². The van der Waals surface area contributed by atoms with Gasteiger partial charge in [0, 0.05) is 11.6 Å². The second-order valence-electron chi connectivity index (χ2n) is 7.01. The average Bonchev–Trinajstić information content (AvgIpc) is 2.73. The molecule has 0 aromatic heterocycles. The Morgan fingerprint density at radius 2 is 1.71 bits per heavy atom. The Labute approximate surface area is 166 Å². The van der Waals surface area contributed by atoms with Gasteiger partial charge >= 0.3 is 0 Å². The lowest BCUT2D eigenvalue weighted by molar-refractivity contribution is -0.120. The number of amides is 1. The molecular formula is C21H25N3O3S. The summed E-state index contributed by atoms with van der Waals surface area (Å²) in [5.74, 6) is 0.126. The minimum absolute atomic E-state index is 0.0521. The van der Waals surface area contributed by atoms with Crippen LogP contribution in [0, 0.1) is 5.92 Å². The summed E-state index contributed by atoms with van der Waals surface area (Å²) in [5, 5.41) is 6.99. The maximum Gasteiger partial charge on any atom is 0.276 e. The number of nitrogens with one attached hydrogen (secondary N) is 2. The molecule has 6 nitrogen and oxygen atoms in total. The Morgan fingerprint density at radius 3 is 2.43 bits per heavy atom. The molecule has 1 aliphatic rings. The summed E-state index contributed by atoms with van der Waals surface area (Å²) in [6, 6.07) is 15.3. The van der Waals surface area contributed by atoms with E-state index in [1.807, 2.05) is 18.2 Å². The minimum Gasteiger partial charge on any atom is -0.326 e. The van der Waals surface area contributed by atoms with Crippen molar-refractivity contribution in [3.8, 4) is 0 Å². The van der Waals surface area contributed by atoms with E-state index in [0.717, 1.165) is 31.2 Å². The second kappa shape index (κ2) is 9.01. The molecule has 0 radical (unpaired) electrons. The average molecular weight is 400 g/mol. The normalized spacial score (nSPS) is 15.8. The maximum atomic E-state index is 12.4. The summed E-state index contributed by atoms with van der Waals surface area (Å²) in [4.78, 5) is 14.8. The zero-order valence-corrected chi connectivity index (χ0v) is 16.7. The van der Waals surface area contributed by atoms with Crippen LogP contribution in [0.4, 0.5) is 5.69 Å². The lowest BCUT2D eigenvalue weighted by Crippen LogP contribution is -2.24. The predicted octanol–water partition coefficient (Wildman–Crippen LogP) is 3.91. The first kappa shape index (κ1) is 20.1. The van der Waals surface area contributed by atoms with Gasteiger partial charge < -0.3 is 5.32 Å². The van der Waals surface area contributed by atoms with E-state index in [4.69, 9.17) is 0 Å². The van der Waals surface area contributed by atoms with E-state index in [0.29, 0.717) is 11.4 Å². The maximum absolute atomic E-state index is 12.4. The number of benzene rings is 2. The van der Waals surface area contributed by atoms with Crippen LogP contribution in [0.3, 0.4) is 0 Å². The number of hydrogen-bond donors (Lipinski definition) is 2. The van der Waals surface area contributed by atoms with Crippen molar-refractivity contribution in [2.24, 2.45) is 11.0 Å². The first-order valence-corrected chi connectivity index (χ1v) is 11.0. The van der Waals surface area contributed by atoms with Gasteiger partial charge in [-0.1, -0.05) is 49.6 Å². The Hall–Kier alpha value is -2.67. The van der Waals surface area contributed by atoms with E-state index < -0.39 is 10.0 Å². The fourth-order valence-corrected chi connectivity index (χ4v) is 4.15. The van der Waals surface area contributed by atoms with Gasteiger partial charge in [0.15, 0.2) is 0 Å². The van der Waals surface area contributed by atoms with Crippen molar-refractivity contribution in [3.63, 3.8) is 0 Å². The largest absolute Gasteiger partial charge is 0.326 e. The molecule has 1 amide bonds. The topological polar surface area (TPSA) is 87.6 Å². The van der Waals surface area contributed by atoms with Crippen molar-refractivity contribution in [3.05, 3.63) is 60.2 Å². The van der Waals surface area contributed by atoms with Crippen LogP contribution in [-0.4, -0.2) is 20.0 Å². The molecule has 0 aliphatic heterocycles. The quantitative estimate of drug-likeness (QED) is 0.570. The number of hydrogen-bond acceptors (Lipinski definition) is 4. The minimum atomic E-state index is -3.71. The highest BCUT2D eigenvalue weighted by Gasteiger charge is 2.21. The molecule has 2 aromatic carbocycles. The number of nitrogens with zero attached hydrogens (tertiary/aromatic N) is 1. The van der Waals surface area contributed by atoms with Crippen LogP contribution in [0.5, 0.6) is 0 Å². The van der Waals surface area contributed by atoms with Crippen LogP contribution in [0.1, 0.15) is 44.6 Å². The zero-order valence-electron chi connectivity index (χ0n) is 15.9. The Balaban J connectivity index is 1.68. The molecule has 1 aliphatic carbocycles. The summed E-state index contributed by atoms with van der Waals surface area (Å²) in [6.45, 7) is 1.72. The van der Waals surface area contributed by atoms with Crippen LogP contribution in [0.2, 0.25) is 0 Å². The smallest absolute Gasteiger partial charge is 0.276 e. The van der Waals surface area contributed by atoms with Crippen LogP contribution in [0.25, 0.3) is 0 Å². The molecule has 148 valence electrons. The lowest BCUT2D eigenvalue weighted by Gasteiger charge is -2.20. The van der Waals surface area contributed by atoms with Gasteiger partial charge in [0.2, 0.25) is 5.91 Å². The van der Waals surface area contributed by atoms with E-state index >= 15 is 0 Å². The molecule has 3 rings (SSSR count). The number of rotatable bonds is 6. The third-order valence-corrected chi connectivity index (χ3v) is 6.14. The summed E-state index contributed by atoms with van der Waals surface area (Å²) < 4.78 is 24.6. The second-order valence-corrected chi connectivity index (χ2v) is 8.67. The Bertz CT molecular complexity index is 950. The molecule has 1 saturated carbocycles. The zero-order chi connectivity index (χ0) is 20.0. The molecular weight excluding hydrogens is 374 g/mol. The molecule has 0 heterocycles. The molecule has 0 bridgehead atoms. The fraction of sp³-hybridized carbons (Fsp3) is 0.333. The molecule has 7 heteroatoms. The van der Waals surface area contributed by atoms with Crippen LogP contribution in [-0.2, 0) is 14.8 Å². The van der Waals surface area contributed by atoms with Gasteiger partial charge in [0.25, 0.3) is 10.0 Å². The van der Waals surface area contributed by atoms with Crippen molar-refractivity contribution < 1.29 is 13.2 Å². The number of carbonyl (C=O) groups is 1. The van der Waals surface area contributed by atoms with Crippen molar-refractivity contribution >= 4 is 27.3 Å². The number of sulfonamides is 1. The Morgan fingerprint density at radius 1 is 1.00 bits per heavy atom. The molecule has 0 spiro atoms. The van der Waals surface area contributed by atoms with Crippen molar-refractivity contribution in [2.75, 3.05) is 5.32 Å². The van der Waals surface area contributed by atoms with E-state index in [-0.39, 0.29) is 16.7 Å². The van der Waals surface area contributed by atoms with Crippen LogP contribution in [0.15, 0.2) is 64.6 Å². The molecule has 0 saturated heterocycles. The van der Waals surface area contributed by atoms with Gasteiger partial charge in [-0.25, -0.2) is 0 Å².